The van der Waals surface area contributed by atoms with Crippen LogP contribution in [0.2, 0.25) is 0 Å². The monoisotopic (exact) mass is 237 g/mol. The Morgan fingerprint density at radius 3 is 2.94 bits per heavy atom. The molecule has 0 aromatic carbocycles. The fraction of sp³-hybridized carbons (Fsp3) is 0.444. The van der Waals surface area contributed by atoms with Gasteiger partial charge in [0, 0.05) is 13.1 Å². The number of ether oxygens (including phenoxy) is 1. The van der Waals surface area contributed by atoms with E-state index < -0.39 is 0 Å². The highest BCUT2D eigenvalue weighted by molar-refractivity contribution is 7.71. The second-order valence-electron chi connectivity index (χ2n) is 3.59. The zero-order valence-corrected chi connectivity index (χ0v) is 9.38. The van der Waals surface area contributed by atoms with Crippen molar-refractivity contribution < 1.29 is 4.74 Å². The van der Waals surface area contributed by atoms with E-state index in [1.165, 1.54) is 0 Å². The van der Waals surface area contributed by atoms with Gasteiger partial charge in [-0.25, -0.2) is 4.98 Å². The number of rotatable bonds is 1. The summed E-state index contributed by atoms with van der Waals surface area (Å²) in [5.41, 5.74) is 1.54. The largest absolute Gasteiger partial charge is 0.378 e. The predicted octanol–water partition coefficient (Wildman–Crippen LogP) is 0.852. The van der Waals surface area contributed by atoms with Gasteiger partial charge in [-0.15, -0.1) is 0 Å². The maximum atomic E-state index is 5.29. The Balaban J connectivity index is 2.04. The standard InChI is InChI=1S/C9H11N5OS/c16-8-6-7(10-5-11-8)13-9(12-6)14-1-3-15-4-2-14/h5H,1-4H2,(H2,10,11,12,13,16). The highest BCUT2D eigenvalue weighted by Crippen LogP contribution is 2.16. The molecule has 2 aromatic rings. The number of hydrogen-bond donors (Lipinski definition) is 2. The van der Waals surface area contributed by atoms with E-state index in [4.69, 9.17) is 17.0 Å². The fourth-order valence-corrected chi connectivity index (χ4v) is 1.96. The molecule has 7 heteroatoms. The number of fused-ring (bicyclic) bond motifs is 1. The summed E-state index contributed by atoms with van der Waals surface area (Å²) in [5, 5.41) is 0. The lowest BCUT2D eigenvalue weighted by Gasteiger charge is -2.25. The minimum Gasteiger partial charge on any atom is -0.378 e. The van der Waals surface area contributed by atoms with Crippen LogP contribution in [0.3, 0.4) is 0 Å². The number of aromatic amines is 2. The second kappa shape index (κ2) is 3.84. The number of H-pyrrole nitrogens is 2. The molecule has 3 rings (SSSR count). The number of imidazole rings is 1. The van der Waals surface area contributed by atoms with E-state index in [1.807, 2.05) is 0 Å². The number of nitrogens with one attached hydrogen (secondary N) is 2. The van der Waals surface area contributed by atoms with Crippen molar-refractivity contribution in [2.24, 2.45) is 0 Å². The fourth-order valence-electron chi connectivity index (χ4n) is 1.76. The third kappa shape index (κ3) is 1.57. The van der Waals surface area contributed by atoms with E-state index in [-0.39, 0.29) is 0 Å². The van der Waals surface area contributed by atoms with Crippen LogP contribution in [0.1, 0.15) is 0 Å². The first-order chi connectivity index (χ1) is 7.84. The molecule has 0 radical (unpaired) electrons. The van der Waals surface area contributed by atoms with Crippen LogP contribution in [-0.4, -0.2) is 46.2 Å². The van der Waals surface area contributed by atoms with Crippen molar-refractivity contribution in [1.82, 2.24) is 19.9 Å². The minimum atomic E-state index is 0.542. The first-order valence-corrected chi connectivity index (χ1v) is 5.51. The van der Waals surface area contributed by atoms with Gasteiger partial charge in [0.25, 0.3) is 0 Å². The number of morpholine rings is 1. The van der Waals surface area contributed by atoms with Crippen molar-refractivity contribution in [2.45, 2.75) is 0 Å². The molecule has 6 nitrogen and oxygen atoms in total. The second-order valence-corrected chi connectivity index (χ2v) is 3.98. The SMILES string of the molecule is S=c1nc[nH]c2nc(N3CCOCC3)[nH]c12. The lowest BCUT2D eigenvalue weighted by molar-refractivity contribution is 0.122. The number of nitrogens with zero attached hydrogens (tertiary/aromatic N) is 3. The highest BCUT2D eigenvalue weighted by atomic mass is 32.1. The number of hydrogen-bond acceptors (Lipinski definition) is 5. The van der Waals surface area contributed by atoms with Crippen LogP contribution in [0, 0.1) is 4.64 Å². The van der Waals surface area contributed by atoms with E-state index in [1.54, 1.807) is 6.33 Å². The Hall–Kier alpha value is -1.47. The van der Waals surface area contributed by atoms with E-state index in [0.717, 1.165) is 43.4 Å². The zero-order chi connectivity index (χ0) is 11.0. The first kappa shape index (κ1) is 9.73. The van der Waals surface area contributed by atoms with E-state index >= 15 is 0 Å². The molecule has 16 heavy (non-hydrogen) atoms. The smallest absolute Gasteiger partial charge is 0.205 e. The third-order valence-corrected chi connectivity index (χ3v) is 2.91. The molecule has 1 aliphatic rings. The summed E-state index contributed by atoms with van der Waals surface area (Å²) in [5.74, 6) is 0.827. The van der Waals surface area contributed by atoms with Gasteiger partial charge in [0.2, 0.25) is 5.95 Å². The molecule has 84 valence electrons. The molecule has 0 bridgehead atoms. The molecule has 0 aliphatic carbocycles. The van der Waals surface area contributed by atoms with E-state index in [2.05, 4.69) is 24.8 Å². The molecular formula is C9H11N5OS. The van der Waals surface area contributed by atoms with Gasteiger partial charge in [-0.2, -0.15) is 4.98 Å². The average molecular weight is 237 g/mol. The summed E-state index contributed by atoms with van der Waals surface area (Å²) in [6.07, 6.45) is 1.56. The summed E-state index contributed by atoms with van der Waals surface area (Å²) in [6, 6.07) is 0. The van der Waals surface area contributed by atoms with Crippen LogP contribution in [-0.2, 0) is 4.74 Å². The van der Waals surface area contributed by atoms with Crippen molar-refractivity contribution in [2.75, 3.05) is 31.2 Å². The van der Waals surface area contributed by atoms with Crippen molar-refractivity contribution in [3.63, 3.8) is 0 Å². The van der Waals surface area contributed by atoms with Crippen LogP contribution >= 0.6 is 12.2 Å². The maximum absolute atomic E-state index is 5.29. The molecular weight excluding hydrogens is 226 g/mol. The van der Waals surface area contributed by atoms with Gasteiger partial charge >= 0.3 is 0 Å². The Morgan fingerprint density at radius 1 is 1.38 bits per heavy atom. The summed E-state index contributed by atoms with van der Waals surface area (Å²) < 4.78 is 5.84. The Kier molecular flexibility index (Phi) is 2.33. The normalized spacial score (nSPS) is 16.9. The predicted molar refractivity (Wildman–Crippen MR) is 62.1 cm³/mol. The van der Waals surface area contributed by atoms with E-state index in [9.17, 15) is 0 Å². The summed E-state index contributed by atoms with van der Waals surface area (Å²) in [7, 11) is 0. The van der Waals surface area contributed by atoms with Crippen LogP contribution in [0.5, 0.6) is 0 Å². The quantitative estimate of drug-likeness (QED) is 0.720. The lowest BCUT2D eigenvalue weighted by atomic mass is 10.4. The van der Waals surface area contributed by atoms with Crippen LogP contribution in [0.15, 0.2) is 6.33 Å². The molecule has 1 saturated heterocycles. The number of aromatic nitrogens is 4. The molecule has 0 spiro atoms. The highest BCUT2D eigenvalue weighted by Gasteiger charge is 2.15. The van der Waals surface area contributed by atoms with Crippen molar-refractivity contribution >= 4 is 29.3 Å². The van der Waals surface area contributed by atoms with Crippen LogP contribution < -0.4 is 4.90 Å². The Morgan fingerprint density at radius 2 is 2.19 bits per heavy atom. The van der Waals surface area contributed by atoms with Gasteiger partial charge in [0.1, 0.15) is 5.52 Å². The van der Waals surface area contributed by atoms with Crippen LogP contribution in [0.25, 0.3) is 11.2 Å². The maximum Gasteiger partial charge on any atom is 0.205 e. The summed E-state index contributed by atoms with van der Waals surface area (Å²) >= 11 is 5.12. The third-order valence-electron chi connectivity index (χ3n) is 2.60. The first-order valence-electron chi connectivity index (χ1n) is 5.11. The molecule has 0 atom stereocenters. The van der Waals surface area contributed by atoms with E-state index in [0.29, 0.717) is 4.64 Å². The summed E-state index contributed by atoms with van der Waals surface area (Å²) in [6.45, 7) is 3.17. The molecule has 2 N–H and O–H groups in total. The van der Waals surface area contributed by atoms with Gasteiger partial charge in [-0.1, -0.05) is 12.2 Å². The van der Waals surface area contributed by atoms with Gasteiger partial charge in [-0.3, -0.25) is 0 Å². The Bertz CT molecular complexity index is 556. The molecule has 3 heterocycles. The zero-order valence-electron chi connectivity index (χ0n) is 8.56. The van der Waals surface area contributed by atoms with Gasteiger partial charge in [0.15, 0.2) is 10.3 Å². The Labute approximate surface area is 96.7 Å². The van der Waals surface area contributed by atoms with Gasteiger partial charge in [0.05, 0.1) is 19.5 Å². The summed E-state index contributed by atoms with van der Waals surface area (Å²) in [4.78, 5) is 16.8. The minimum absolute atomic E-state index is 0.542. The van der Waals surface area contributed by atoms with Gasteiger partial charge < -0.3 is 19.6 Å². The molecule has 1 aliphatic heterocycles. The lowest BCUT2D eigenvalue weighted by Crippen LogP contribution is -2.36. The molecule has 0 saturated carbocycles. The van der Waals surface area contributed by atoms with Crippen molar-refractivity contribution in [1.29, 1.82) is 0 Å². The molecule has 2 aromatic heterocycles. The van der Waals surface area contributed by atoms with Crippen molar-refractivity contribution in [3.8, 4) is 0 Å². The van der Waals surface area contributed by atoms with Crippen molar-refractivity contribution in [3.05, 3.63) is 11.0 Å². The topological polar surface area (TPSA) is 69.8 Å². The molecule has 0 unspecified atom stereocenters. The number of anilines is 1. The molecule has 1 fully saturated rings. The van der Waals surface area contributed by atoms with Crippen LogP contribution in [0.4, 0.5) is 5.95 Å². The average Bonchev–Trinajstić information content (AvgIpc) is 2.76. The van der Waals surface area contributed by atoms with Gasteiger partial charge in [-0.05, 0) is 0 Å². The molecule has 0 amide bonds.